The van der Waals surface area contributed by atoms with Gasteiger partial charge in [0.25, 0.3) is 5.56 Å². The molecule has 0 fully saturated rings. The summed E-state index contributed by atoms with van der Waals surface area (Å²) in [5.74, 6) is -2.02. The van der Waals surface area contributed by atoms with E-state index < -0.39 is 27.8 Å². The smallest absolute Gasteiger partial charge is 0.353 e. The zero-order chi connectivity index (χ0) is 26.1. The molecule has 0 saturated carbocycles. The number of hydrogen-bond donors (Lipinski definition) is 2. The fourth-order valence-corrected chi connectivity index (χ4v) is 3.72. The van der Waals surface area contributed by atoms with E-state index in [1.807, 2.05) is 0 Å². The lowest BCUT2D eigenvalue weighted by Gasteiger charge is -2.13. The number of ether oxygens (including phenoxy) is 1. The van der Waals surface area contributed by atoms with Gasteiger partial charge in [-0.25, -0.2) is 18.7 Å². The van der Waals surface area contributed by atoms with Crippen molar-refractivity contribution < 1.29 is 18.4 Å². The number of fused-ring (bicyclic) bond motifs is 1. The van der Waals surface area contributed by atoms with Crippen molar-refractivity contribution >= 4 is 33.8 Å². The van der Waals surface area contributed by atoms with E-state index >= 15 is 0 Å². The fourth-order valence-electron chi connectivity index (χ4n) is 3.72. The molecule has 0 aliphatic carbocycles. The van der Waals surface area contributed by atoms with E-state index in [1.54, 1.807) is 18.3 Å². The zero-order valence-corrected chi connectivity index (χ0v) is 18.8. The van der Waals surface area contributed by atoms with Gasteiger partial charge in [0.05, 0.1) is 10.3 Å². The SMILES string of the molecule is Nc1nccc(Oc2ccc(Nc3nccc4ccn(-c5ccc(F)cc5)c(=O)c34)cc2F)c1[N+](=O)[O-]. The minimum absolute atomic E-state index is 0.171. The van der Waals surface area contributed by atoms with Crippen molar-refractivity contribution in [2.24, 2.45) is 0 Å². The molecule has 5 aromatic rings. The predicted octanol–water partition coefficient (Wildman–Crippen LogP) is 5.09. The van der Waals surface area contributed by atoms with Gasteiger partial charge in [-0.15, -0.1) is 0 Å². The van der Waals surface area contributed by atoms with Crippen LogP contribution in [0, 0.1) is 21.7 Å². The third-order valence-corrected chi connectivity index (χ3v) is 5.44. The van der Waals surface area contributed by atoms with Gasteiger partial charge in [0.1, 0.15) is 11.6 Å². The van der Waals surface area contributed by atoms with Crippen LogP contribution in [-0.4, -0.2) is 19.5 Å². The first-order valence-corrected chi connectivity index (χ1v) is 10.7. The lowest BCUT2D eigenvalue weighted by molar-refractivity contribution is -0.384. The summed E-state index contributed by atoms with van der Waals surface area (Å²) < 4.78 is 35.0. The molecule has 0 unspecified atom stereocenters. The maximum atomic E-state index is 14.9. The molecular formula is C25H16F2N6O4. The molecule has 0 aliphatic heterocycles. The number of pyridine rings is 3. The van der Waals surface area contributed by atoms with Gasteiger partial charge in [-0.2, -0.15) is 0 Å². The van der Waals surface area contributed by atoms with Gasteiger partial charge in [-0.05, 0) is 53.9 Å². The van der Waals surface area contributed by atoms with E-state index in [0.717, 1.165) is 6.07 Å². The Bertz CT molecular complexity index is 1720. The quantitative estimate of drug-likeness (QED) is 0.242. The highest BCUT2D eigenvalue weighted by atomic mass is 19.1. The molecular weight excluding hydrogens is 486 g/mol. The summed E-state index contributed by atoms with van der Waals surface area (Å²) in [6, 6.07) is 13.8. The van der Waals surface area contributed by atoms with E-state index in [4.69, 9.17) is 10.5 Å². The number of rotatable bonds is 6. The topological polar surface area (TPSA) is 138 Å². The molecule has 0 spiro atoms. The standard InChI is InChI=1S/C25H16F2N6O4/c26-15-1-4-17(5-2-15)32-12-9-14-7-10-30-24(21(14)25(32)34)31-16-3-6-19(18(27)13-16)37-20-8-11-29-23(28)22(20)33(35)36/h1-13H,(H2,28,29)(H,30,31). The lowest BCUT2D eigenvalue weighted by Crippen LogP contribution is -2.19. The summed E-state index contributed by atoms with van der Waals surface area (Å²) in [5, 5.41) is 15.0. The van der Waals surface area contributed by atoms with Gasteiger partial charge in [-0.3, -0.25) is 19.5 Å². The molecule has 184 valence electrons. The summed E-state index contributed by atoms with van der Waals surface area (Å²) >= 11 is 0. The van der Waals surface area contributed by atoms with Crippen LogP contribution in [0.15, 0.2) is 84.0 Å². The number of nitrogens with one attached hydrogen (secondary N) is 1. The Morgan fingerprint density at radius 1 is 0.973 bits per heavy atom. The molecule has 0 amide bonds. The number of hydrogen-bond acceptors (Lipinski definition) is 8. The van der Waals surface area contributed by atoms with Crippen LogP contribution in [-0.2, 0) is 0 Å². The molecule has 5 rings (SSSR count). The Morgan fingerprint density at radius 2 is 1.73 bits per heavy atom. The van der Waals surface area contributed by atoms with E-state index in [0.29, 0.717) is 11.1 Å². The predicted molar refractivity (Wildman–Crippen MR) is 132 cm³/mol. The van der Waals surface area contributed by atoms with Crippen molar-refractivity contribution in [3.63, 3.8) is 0 Å². The van der Waals surface area contributed by atoms with Crippen LogP contribution < -0.4 is 21.3 Å². The highest BCUT2D eigenvalue weighted by Gasteiger charge is 2.22. The number of nitrogen functional groups attached to an aromatic ring is 1. The molecule has 3 heterocycles. The van der Waals surface area contributed by atoms with Gasteiger partial charge in [0.2, 0.25) is 11.6 Å². The second-order valence-electron chi connectivity index (χ2n) is 7.76. The maximum absolute atomic E-state index is 14.9. The van der Waals surface area contributed by atoms with E-state index in [9.17, 15) is 23.7 Å². The van der Waals surface area contributed by atoms with Crippen molar-refractivity contribution in [1.29, 1.82) is 0 Å². The molecule has 12 heteroatoms. The minimum atomic E-state index is -0.835. The molecule has 0 atom stereocenters. The highest BCUT2D eigenvalue weighted by Crippen LogP contribution is 2.36. The Hall–Kier alpha value is -5.39. The molecule has 3 aromatic heterocycles. The third kappa shape index (κ3) is 4.50. The first-order chi connectivity index (χ1) is 17.8. The van der Waals surface area contributed by atoms with Crippen molar-refractivity contribution in [3.05, 3.63) is 111 Å². The number of aromatic nitrogens is 3. The molecule has 10 nitrogen and oxygen atoms in total. The molecule has 0 radical (unpaired) electrons. The van der Waals surface area contributed by atoms with Crippen LogP contribution in [0.2, 0.25) is 0 Å². The van der Waals surface area contributed by atoms with Crippen molar-refractivity contribution in [3.8, 4) is 17.2 Å². The molecule has 37 heavy (non-hydrogen) atoms. The summed E-state index contributed by atoms with van der Waals surface area (Å²) in [4.78, 5) is 31.7. The van der Waals surface area contributed by atoms with Gasteiger partial charge in [0, 0.05) is 42.1 Å². The molecule has 3 N–H and O–H groups in total. The van der Waals surface area contributed by atoms with Crippen molar-refractivity contribution in [1.82, 2.24) is 14.5 Å². The normalized spacial score (nSPS) is 10.9. The number of halogens is 2. The fraction of sp³-hybridized carbons (Fsp3) is 0. The Balaban J connectivity index is 1.49. The largest absolute Gasteiger partial charge is 0.447 e. The summed E-state index contributed by atoms with van der Waals surface area (Å²) in [7, 11) is 0. The number of benzene rings is 2. The number of nitrogens with zero attached hydrogens (tertiary/aromatic N) is 4. The number of anilines is 3. The van der Waals surface area contributed by atoms with E-state index in [1.165, 1.54) is 59.4 Å². The second-order valence-corrected chi connectivity index (χ2v) is 7.76. The first kappa shape index (κ1) is 23.4. The first-order valence-electron chi connectivity index (χ1n) is 10.7. The van der Waals surface area contributed by atoms with Crippen LogP contribution in [0.5, 0.6) is 11.5 Å². The van der Waals surface area contributed by atoms with E-state index in [2.05, 4.69) is 15.3 Å². The van der Waals surface area contributed by atoms with Gasteiger partial charge < -0.3 is 15.8 Å². The van der Waals surface area contributed by atoms with Crippen LogP contribution in [0.25, 0.3) is 16.5 Å². The number of nitro groups is 1. The summed E-state index contributed by atoms with van der Waals surface area (Å²) in [5.41, 5.74) is 5.25. The molecule has 0 saturated heterocycles. The van der Waals surface area contributed by atoms with Gasteiger partial charge in [-0.1, -0.05) is 0 Å². The Kier molecular flexibility index (Phi) is 5.89. The molecule has 2 aromatic carbocycles. The molecule has 0 bridgehead atoms. The average Bonchev–Trinajstić information content (AvgIpc) is 2.86. The van der Waals surface area contributed by atoms with Crippen molar-refractivity contribution in [2.75, 3.05) is 11.1 Å². The maximum Gasteiger partial charge on any atom is 0.353 e. The van der Waals surface area contributed by atoms with Gasteiger partial charge >= 0.3 is 5.69 Å². The third-order valence-electron chi connectivity index (χ3n) is 5.44. The van der Waals surface area contributed by atoms with Crippen LogP contribution >= 0.6 is 0 Å². The van der Waals surface area contributed by atoms with Crippen LogP contribution in [0.1, 0.15) is 0 Å². The minimum Gasteiger partial charge on any atom is -0.447 e. The Labute approximate surface area is 206 Å². The summed E-state index contributed by atoms with van der Waals surface area (Å²) in [6.45, 7) is 0. The monoisotopic (exact) mass is 502 g/mol. The van der Waals surface area contributed by atoms with Crippen LogP contribution in [0.4, 0.5) is 31.8 Å². The van der Waals surface area contributed by atoms with Crippen molar-refractivity contribution in [2.45, 2.75) is 0 Å². The zero-order valence-electron chi connectivity index (χ0n) is 18.8. The Morgan fingerprint density at radius 3 is 2.46 bits per heavy atom. The average molecular weight is 502 g/mol. The van der Waals surface area contributed by atoms with Gasteiger partial charge in [0.15, 0.2) is 11.6 Å². The summed E-state index contributed by atoms with van der Waals surface area (Å²) in [6.07, 6.45) is 4.27. The lowest BCUT2D eigenvalue weighted by atomic mass is 10.2. The highest BCUT2D eigenvalue weighted by molar-refractivity contribution is 5.92. The molecule has 0 aliphatic rings. The number of nitrogens with two attached hydrogens (primary N) is 1. The van der Waals surface area contributed by atoms with E-state index in [-0.39, 0.29) is 34.2 Å². The second kappa shape index (κ2) is 9.34. The van der Waals surface area contributed by atoms with Crippen LogP contribution in [0.3, 0.4) is 0 Å².